The highest BCUT2D eigenvalue weighted by atomic mass is 35.5. The lowest BCUT2D eigenvalue weighted by atomic mass is 9.99. The minimum absolute atomic E-state index is 0. The molecule has 0 bridgehead atoms. The van der Waals surface area contributed by atoms with Gasteiger partial charge in [0.15, 0.2) is 0 Å². The number of hydrogen-bond acceptors (Lipinski definition) is 4. The van der Waals surface area contributed by atoms with Crippen LogP contribution in [0.1, 0.15) is 18.4 Å². The van der Waals surface area contributed by atoms with Gasteiger partial charge in [0.05, 0.1) is 10.4 Å². The quantitative estimate of drug-likeness (QED) is 0.916. The number of benzene rings is 1. The molecule has 3 rings (SSSR count). The number of hydrogen-bond donors (Lipinski definition) is 1. The first kappa shape index (κ1) is 18.1. The van der Waals surface area contributed by atoms with Crippen LogP contribution < -0.4 is 5.73 Å². The molecule has 0 aliphatic carbocycles. The molecule has 2 N–H and O–H groups in total. The molecule has 126 valence electrons. The van der Waals surface area contributed by atoms with Gasteiger partial charge in [-0.25, -0.2) is 8.42 Å². The molecule has 0 atom stereocenters. The smallest absolute Gasteiger partial charge is 0.243 e. The van der Waals surface area contributed by atoms with E-state index >= 15 is 0 Å². The third-order valence-corrected chi connectivity index (χ3v) is 6.41. The second-order valence-corrected chi connectivity index (χ2v) is 7.77. The van der Waals surface area contributed by atoms with E-state index in [0.717, 1.165) is 23.9 Å². The van der Waals surface area contributed by atoms with Crippen LogP contribution in [0, 0.1) is 12.8 Å². The average Bonchev–Trinajstić information content (AvgIpc) is 2.55. The molecule has 0 radical (unpaired) electrons. The third kappa shape index (κ3) is 3.35. The fraction of sp³-hybridized carbons (Fsp3) is 0.438. The predicted molar refractivity (Wildman–Crippen MR) is 94.3 cm³/mol. The molecule has 0 spiro atoms. The van der Waals surface area contributed by atoms with Gasteiger partial charge in [-0.15, -0.1) is 12.4 Å². The monoisotopic (exact) mass is 355 g/mol. The van der Waals surface area contributed by atoms with E-state index in [9.17, 15) is 8.42 Å². The summed E-state index contributed by atoms with van der Waals surface area (Å²) in [4.78, 5) is 4.68. The van der Waals surface area contributed by atoms with Crippen LogP contribution in [-0.2, 0) is 10.0 Å². The molecule has 1 aromatic heterocycles. The van der Waals surface area contributed by atoms with Crippen molar-refractivity contribution in [1.82, 2.24) is 9.29 Å². The maximum absolute atomic E-state index is 13.0. The average molecular weight is 356 g/mol. The predicted octanol–water partition coefficient (Wildman–Crippen LogP) is 2.32. The van der Waals surface area contributed by atoms with Crippen LogP contribution >= 0.6 is 12.4 Å². The standard InChI is InChI=1S/C16H21N3O2S.ClH/c1-12-4-5-15(14-3-2-8-18-16(12)14)22(20,21)19-9-6-13(11-17)7-10-19;/h2-5,8,13H,6-7,9-11,17H2,1H3;1H. The van der Waals surface area contributed by atoms with Gasteiger partial charge in [-0.1, -0.05) is 6.07 Å². The summed E-state index contributed by atoms with van der Waals surface area (Å²) in [5.74, 6) is 0.433. The first-order chi connectivity index (χ1) is 10.5. The highest BCUT2D eigenvalue weighted by Gasteiger charge is 2.30. The highest BCUT2D eigenvalue weighted by molar-refractivity contribution is 7.89. The second-order valence-electron chi connectivity index (χ2n) is 5.86. The highest BCUT2D eigenvalue weighted by Crippen LogP contribution is 2.29. The zero-order chi connectivity index (χ0) is 15.7. The van der Waals surface area contributed by atoms with Gasteiger partial charge in [0, 0.05) is 24.7 Å². The number of aromatic nitrogens is 1. The number of pyridine rings is 1. The lowest BCUT2D eigenvalue weighted by Gasteiger charge is -2.30. The van der Waals surface area contributed by atoms with Crippen LogP contribution in [0.2, 0.25) is 0 Å². The number of halogens is 1. The minimum atomic E-state index is -3.48. The number of nitrogens with zero attached hydrogens (tertiary/aromatic N) is 2. The Balaban J connectivity index is 0.00000192. The lowest BCUT2D eigenvalue weighted by Crippen LogP contribution is -2.40. The maximum Gasteiger partial charge on any atom is 0.243 e. The molecule has 23 heavy (non-hydrogen) atoms. The van der Waals surface area contributed by atoms with Crippen LogP contribution in [0.5, 0.6) is 0 Å². The first-order valence-electron chi connectivity index (χ1n) is 7.58. The Morgan fingerprint density at radius 1 is 1.26 bits per heavy atom. The topological polar surface area (TPSA) is 76.3 Å². The molecule has 0 saturated carbocycles. The third-order valence-electron chi connectivity index (χ3n) is 4.46. The molecule has 7 heteroatoms. The Kier molecular flexibility index (Phi) is 5.62. The van der Waals surface area contributed by atoms with Crippen molar-refractivity contribution in [3.63, 3.8) is 0 Å². The van der Waals surface area contributed by atoms with Gasteiger partial charge in [0.25, 0.3) is 0 Å². The van der Waals surface area contributed by atoms with E-state index in [4.69, 9.17) is 5.73 Å². The Bertz CT molecular complexity index is 787. The van der Waals surface area contributed by atoms with Crippen molar-refractivity contribution in [3.8, 4) is 0 Å². The number of sulfonamides is 1. The number of rotatable bonds is 3. The Morgan fingerprint density at radius 3 is 2.61 bits per heavy atom. The number of fused-ring (bicyclic) bond motifs is 1. The molecule has 1 aliphatic heterocycles. The van der Waals surface area contributed by atoms with Crippen LogP contribution in [0.25, 0.3) is 10.9 Å². The van der Waals surface area contributed by atoms with Gasteiger partial charge in [0.2, 0.25) is 10.0 Å². The van der Waals surface area contributed by atoms with Gasteiger partial charge in [-0.05, 0) is 56.0 Å². The van der Waals surface area contributed by atoms with Crippen molar-refractivity contribution in [2.45, 2.75) is 24.7 Å². The van der Waals surface area contributed by atoms with Crippen LogP contribution in [-0.4, -0.2) is 37.3 Å². The van der Waals surface area contributed by atoms with E-state index in [2.05, 4.69) is 4.98 Å². The normalized spacial score (nSPS) is 17.1. The summed E-state index contributed by atoms with van der Waals surface area (Å²) in [5, 5.41) is 0.698. The number of aryl methyl sites for hydroxylation is 1. The fourth-order valence-electron chi connectivity index (χ4n) is 3.04. The second kappa shape index (κ2) is 7.13. The van der Waals surface area contributed by atoms with Gasteiger partial charge in [-0.3, -0.25) is 4.98 Å². The molecule has 0 unspecified atom stereocenters. The molecule has 1 aromatic carbocycles. The van der Waals surface area contributed by atoms with E-state index in [1.807, 2.05) is 19.1 Å². The van der Waals surface area contributed by atoms with E-state index in [1.54, 1.807) is 22.6 Å². The summed E-state index contributed by atoms with van der Waals surface area (Å²) >= 11 is 0. The lowest BCUT2D eigenvalue weighted by molar-refractivity contribution is 0.278. The SMILES string of the molecule is Cc1ccc(S(=O)(=O)N2CCC(CN)CC2)c2cccnc12.Cl. The Morgan fingerprint density at radius 2 is 1.96 bits per heavy atom. The fourth-order valence-corrected chi connectivity index (χ4v) is 4.69. The van der Waals surface area contributed by atoms with Crippen molar-refractivity contribution >= 4 is 33.3 Å². The molecule has 0 amide bonds. The molecule has 5 nitrogen and oxygen atoms in total. The summed E-state index contributed by atoms with van der Waals surface area (Å²) in [7, 11) is -3.48. The minimum Gasteiger partial charge on any atom is -0.330 e. The number of piperidine rings is 1. The molecule has 2 aromatic rings. The van der Waals surface area contributed by atoms with E-state index < -0.39 is 10.0 Å². The number of nitrogens with two attached hydrogens (primary N) is 1. The van der Waals surface area contributed by atoms with E-state index in [0.29, 0.717) is 35.8 Å². The van der Waals surface area contributed by atoms with Crippen molar-refractivity contribution in [2.24, 2.45) is 11.7 Å². The Hall–Kier alpha value is -1.21. The summed E-state index contributed by atoms with van der Waals surface area (Å²) in [6.07, 6.45) is 3.36. The maximum atomic E-state index is 13.0. The van der Waals surface area contributed by atoms with Crippen molar-refractivity contribution in [1.29, 1.82) is 0 Å². The van der Waals surface area contributed by atoms with Gasteiger partial charge in [-0.2, -0.15) is 4.31 Å². The van der Waals surface area contributed by atoms with Gasteiger partial charge >= 0.3 is 0 Å². The molecule has 1 fully saturated rings. The summed E-state index contributed by atoms with van der Waals surface area (Å²) in [5.41, 5.74) is 7.42. The molecule has 2 heterocycles. The zero-order valence-corrected chi connectivity index (χ0v) is 14.7. The zero-order valence-electron chi connectivity index (χ0n) is 13.1. The van der Waals surface area contributed by atoms with E-state index in [-0.39, 0.29) is 12.4 Å². The molecular weight excluding hydrogens is 334 g/mol. The molecule has 1 aliphatic rings. The van der Waals surface area contributed by atoms with Gasteiger partial charge < -0.3 is 5.73 Å². The molecular formula is C16H22ClN3O2S. The largest absolute Gasteiger partial charge is 0.330 e. The Labute approximate surface area is 143 Å². The summed E-state index contributed by atoms with van der Waals surface area (Å²) < 4.78 is 27.5. The molecule has 1 saturated heterocycles. The van der Waals surface area contributed by atoms with Crippen molar-refractivity contribution in [2.75, 3.05) is 19.6 Å². The summed E-state index contributed by atoms with van der Waals surface area (Å²) in [6.45, 7) is 3.66. The van der Waals surface area contributed by atoms with Crippen molar-refractivity contribution < 1.29 is 8.42 Å². The van der Waals surface area contributed by atoms with Crippen LogP contribution in [0.15, 0.2) is 35.4 Å². The van der Waals surface area contributed by atoms with Crippen LogP contribution in [0.4, 0.5) is 0 Å². The van der Waals surface area contributed by atoms with Crippen molar-refractivity contribution in [3.05, 3.63) is 36.0 Å². The van der Waals surface area contributed by atoms with Crippen LogP contribution in [0.3, 0.4) is 0 Å². The van der Waals surface area contributed by atoms with Gasteiger partial charge in [0.1, 0.15) is 0 Å². The first-order valence-corrected chi connectivity index (χ1v) is 9.02. The van der Waals surface area contributed by atoms with E-state index in [1.165, 1.54) is 0 Å². The summed E-state index contributed by atoms with van der Waals surface area (Å²) in [6, 6.07) is 7.13.